The Bertz CT molecular complexity index is 371. The monoisotopic (exact) mass is 254 g/mol. The van der Waals surface area contributed by atoms with E-state index in [1.807, 2.05) is 0 Å². The van der Waals surface area contributed by atoms with E-state index in [0.29, 0.717) is 5.56 Å². The summed E-state index contributed by atoms with van der Waals surface area (Å²) >= 11 is 0. The molecule has 74 valence electrons. The molecule has 0 atom stereocenters. The molecule has 0 amide bonds. The van der Waals surface area contributed by atoms with Gasteiger partial charge in [-0.25, -0.2) is 9.59 Å². The number of carbonyl (C=O) groups is 2. The van der Waals surface area contributed by atoms with Crippen molar-refractivity contribution in [2.24, 2.45) is 0 Å². The Labute approximate surface area is 101 Å². The van der Waals surface area contributed by atoms with Crippen LogP contribution in [0, 0.1) is 0 Å². The zero-order valence-corrected chi connectivity index (χ0v) is 11.5. The van der Waals surface area contributed by atoms with E-state index < -0.39 is 11.9 Å². The Morgan fingerprint density at radius 1 is 1.20 bits per heavy atom. The van der Waals surface area contributed by atoms with Gasteiger partial charge in [-0.2, -0.15) is 0 Å². The normalized spacial score (nSPS) is 8.60. The topological polar surface area (TPSA) is 43.4 Å². The summed E-state index contributed by atoms with van der Waals surface area (Å²) < 4.78 is 4.52. The van der Waals surface area contributed by atoms with Crippen molar-refractivity contribution in [3.63, 3.8) is 0 Å². The van der Waals surface area contributed by atoms with E-state index in [0.717, 1.165) is 0 Å². The molecule has 0 spiro atoms. The first-order valence-electron chi connectivity index (χ1n) is 4.08. The second-order valence-electron chi connectivity index (χ2n) is 2.82. The van der Waals surface area contributed by atoms with Crippen molar-refractivity contribution < 1.29 is 33.8 Å². The van der Waals surface area contributed by atoms with E-state index in [2.05, 4.69) is 11.3 Å². The third kappa shape index (κ3) is 4.17. The van der Waals surface area contributed by atoms with Gasteiger partial charge >= 0.3 is 11.9 Å². The molecule has 15 heavy (non-hydrogen) atoms. The van der Waals surface area contributed by atoms with Crippen LogP contribution in [0.25, 0.3) is 0 Å². The van der Waals surface area contributed by atoms with E-state index >= 15 is 0 Å². The zero-order chi connectivity index (χ0) is 10.6. The van der Waals surface area contributed by atoms with Crippen molar-refractivity contribution in [3.05, 3.63) is 48.0 Å². The van der Waals surface area contributed by atoms with E-state index in [-0.39, 0.29) is 25.1 Å². The molecule has 0 heterocycles. The summed E-state index contributed by atoms with van der Waals surface area (Å²) in [7, 11) is 0. The Kier molecular flexibility index (Phi) is 5.72. The molecular formula is C11H10O3Zn. The fourth-order valence-corrected chi connectivity index (χ4v) is 0.804. The van der Waals surface area contributed by atoms with Gasteiger partial charge in [-0.1, -0.05) is 24.8 Å². The first kappa shape index (κ1) is 13.7. The predicted molar refractivity (Wildman–Crippen MR) is 51.7 cm³/mol. The van der Waals surface area contributed by atoms with E-state index in [9.17, 15) is 9.59 Å². The molecule has 0 aliphatic carbocycles. The van der Waals surface area contributed by atoms with E-state index in [4.69, 9.17) is 0 Å². The quantitative estimate of drug-likeness (QED) is 0.351. The molecule has 0 saturated heterocycles. The van der Waals surface area contributed by atoms with E-state index in [1.165, 1.54) is 6.92 Å². The SMILES string of the molecule is C=C(C)C(=O)OC(=O)c1ccccc1.[Zn]. The van der Waals surface area contributed by atoms with Gasteiger partial charge in [0.2, 0.25) is 0 Å². The standard InChI is InChI=1S/C11H10O3.Zn/c1-8(2)10(12)14-11(13)9-6-4-3-5-7-9;/h3-7H,1H2,2H3;. The maximum absolute atomic E-state index is 11.3. The van der Waals surface area contributed by atoms with Crippen LogP contribution < -0.4 is 0 Å². The smallest absolute Gasteiger partial charge is 0.346 e. The molecular weight excluding hydrogens is 246 g/mol. The Hall–Kier alpha value is -1.28. The molecule has 1 rings (SSSR count). The van der Waals surface area contributed by atoms with E-state index in [1.54, 1.807) is 30.3 Å². The minimum atomic E-state index is -0.696. The summed E-state index contributed by atoms with van der Waals surface area (Å²) in [6.45, 7) is 4.86. The third-order valence-electron chi connectivity index (χ3n) is 1.54. The van der Waals surface area contributed by atoms with Crippen LogP contribution in [0.3, 0.4) is 0 Å². The molecule has 4 heteroatoms. The zero-order valence-electron chi connectivity index (χ0n) is 8.53. The van der Waals surface area contributed by atoms with Gasteiger partial charge in [-0.05, 0) is 19.1 Å². The van der Waals surface area contributed by atoms with Gasteiger partial charge in [-0.15, -0.1) is 0 Å². The maximum atomic E-state index is 11.3. The average Bonchev–Trinajstić information content (AvgIpc) is 2.19. The number of rotatable bonds is 2. The third-order valence-corrected chi connectivity index (χ3v) is 1.54. The number of benzene rings is 1. The van der Waals surface area contributed by atoms with Crippen LogP contribution in [0.2, 0.25) is 0 Å². The van der Waals surface area contributed by atoms with Crippen molar-refractivity contribution in [1.82, 2.24) is 0 Å². The van der Waals surface area contributed by atoms with Gasteiger partial charge in [0.25, 0.3) is 0 Å². The molecule has 0 aromatic heterocycles. The maximum Gasteiger partial charge on any atom is 0.346 e. The van der Waals surface area contributed by atoms with Gasteiger partial charge < -0.3 is 4.74 Å². The molecule has 1 aromatic carbocycles. The Morgan fingerprint density at radius 2 is 1.73 bits per heavy atom. The van der Waals surface area contributed by atoms with Gasteiger partial charge in [0.1, 0.15) is 0 Å². The van der Waals surface area contributed by atoms with Gasteiger partial charge in [0.15, 0.2) is 0 Å². The molecule has 1 aromatic rings. The predicted octanol–water partition coefficient (Wildman–Crippen LogP) is 1.94. The Balaban J connectivity index is 0.00000196. The summed E-state index contributed by atoms with van der Waals surface area (Å²) in [6, 6.07) is 8.32. The fourth-order valence-electron chi connectivity index (χ4n) is 0.804. The van der Waals surface area contributed by atoms with Crippen LogP contribution in [0.15, 0.2) is 42.5 Å². The van der Waals surface area contributed by atoms with Gasteiger partial charge in [-0.3, -0.25) is 0 Å². The summed E-state index contributed by atoms with van der Waals surface area (Å²) in [6.07, 6.45) is 0. The fraction of sp³-hybridized carbons (Fsp3) is 0.0909. The molecule has 0 bridgehead atoms. The van der Waals surface area contributed by atoms with Crippen LogP contribution in [0.1, 0.15) is 17.3 Å². The molecule has 0 radical (unpaired) electrons. The van der Waals surface area contributed by atoms with Crippen LogP contribution >= 0.6 is 0 Å². The number of ether oxygens (including phenoxy) is 1. The van der Waals surface area contributed by atoms with Crippen LogP contribution in [-0.2, 0) is 29.0 Å². The number of hydrogen-bond donors (Lipinski definition) is 0. The molecule has 0 aliphatic rings. The van der Waals surface area contributed by atoms with Crippen molar-refractivity contribution in [3.8, 4) is 0 Å². The number of carbonyl (C=O) groups excluding carboxylic acids is 2. The van der Waals surface area contributed by atoms with Crippen molar-refractivity contribution in [2.45, 2.75) is 6.92 Å². The molecule has 3 nitrogen and oxygen atoms in total. The molecule has 0 N–H and O–H groups in total. The van der Waals surface area contributed by atoms with Crippen LogP contribution in [0.4, 0.5) is 0 Å². The first-order valence-corrected chi connectivity index (χ1v) is 4.08. The molecule has 0 aliphatic heterocycles. The van der Waals surface area contributed by atoms with Crippen LogP contribution in [0.5, 0.6) is 0 Å². The van der Waals surface area contributed by atoms with Crippen molar-refractivity contribution >= 4 is 11.9 Å². The molecule has 0 fully saturated rings. The molecule has 0 unspecified atom stereocenters. The summed E-state index contributed by atoms with van der Waals surface area (Å²) in [5.74, 6) is -1.35. The second-order valence-corrected chi connectivity index (χ2v) is 2.82. The minimum Gasteiger partial charge on any atom is -0.386 e. The second kappa shape index (κ2) is 6.25. The Morgan fingerprint density at radius 3 is 2.20 bits per heavy atom. The van der Waals surface area contributed by atoms with Crippen molar-refractivity contribution in [2.75, 3.05) is 0 Å². The largest absolute Gasteiger partial charge is 0.386 e. The summed E-state index contributed by atoms with van der Waals surface area (Å²) in [5, 5.41) is 0. The number of esters is 2. The number of hydrogen-bond acceptors (Lipinski definition) is 3. The first-order chi connectivity index (χ1) is 6.61. The van der Waals surface area contributed by atoms with Gasteiger partial charge in [0, 0.05) is 25.1 Å². The van der Waals surface area contributed by atoms with Gasteiger partial charge in [0.05, 0.1) is 5.56 Å². The summed E-state index contributed by atoms with van der Waals surface area (Å²) in [5.41, 5.74) is 0.552. The minimum absolute atomic E-state index is 0. The molecule has 0 saturated carbocycles. The summed E-state index contributed by atoms with van der Waals surface area (Å²) in [4.78, 5) is 22.3. The average molecular weight is 256 g/mol. The van der Waals surface area contributed by atoms with Crippen LogP contribution in [-0.4, -0.2) is 11.9 Å². The van der Waals surface area contributed by atoms with Crippen molar-refractivity contribution in [1.29, 1.82) is 0 Å².